The molecule has 1 aliphatic rings. The second kappa shape index (κ2) is 10.4. The van der Waals surface area contributed by atoms with Gasteiger partial charge in [-0.2, -0.15) is 0 Å². The first-order valence-corrected chi connectivity index (χ1v) is 9.75. The summed E-state index contributed by atoms with van der Waals surface area (Å²) in [6.07, 6.45) is -4.78. The topological polar surface area (TPSA) is 105 Å². The smallest absolute Gasteiger partial charge is 0.407 e. The number of carboxylic acid groups (broad SMARTS) is 1. The number of alkyl carbamates (subject to hydrolysis) is 1. The lowest BCUT2D eigenvalue weighted by molar-refractivity contribution is -0.130. The van der Waals surface area contributed by atoms with Gasteiger partial charge in [0.15, 0.2) is 0 Å². The van der Waals surface area contributed by atoms with Gasteiger partial charge in [-0.3, -0.25) is 4.79 Å². The molecule has 2 amide bonds. The van der Waals surface area contributed by atoms with Gasteiger partial charge in [0.05, 0.1) is 13.0 Å². The molecule has 2 aromatic carbocycles. The number of hydrogen-bond donors (Lipinski definition) is 3. The van der Waals surface area contributed by atoms with E-state index in [4.69, 9.17) is 9.84 Å². The summed E-state index contributed by atoms with van der Waals surface area (Å²) < 4.78 is 31.8. The molecule has 1 unspecified atom stereocenters. The zero-order chi connectivity index (χ0) is 23.1. The Labute approximate surface area is 182 Å². The van der Waals surface area contributed by atoms with Crippen LogP contribution in [0.5, 0.6) is 0 Å². The Hall–Kier alpha value is -3.93. The number of aliphatic carboxylic acids is 1. The predicted molar refractivity (Wildman–Crippen MR) is 111 cm³/mol. The highest BCUT2D eigenvalue weighted by Crippen LogP contribution is 2.44. The maximum atomic E-state index is 13.3. The molecule has 0 aromatic heterocycles. The van der Waals surface area contributed by atoms with Gasteiger partial charge in [0.25, 0.3) is 6.43 Å². The van der Waals surface area contributed by atoms with Gasteiger partial charge in [0, 0.05) is 11.8 Å². The summed E-state index contributed by atoms with van der Waals surface area (Å²) in [7, 11) is 0. The molecule has 0 heterocycles. The quantitative estimate of drug-likeness (QED) is 0.572. The van der Waals surface area contributed by atoms with Gasteiger partial charge in [0.1, 0.15) is 12.6 Å². The average molecular weight is 442 g/mol. The first-order valence-electron chi connectivity index (χ1n) is 9.75. The number of halogens is 2. The van der Waals surface area contributed by atoms with E-state index in [2.05, 4.69) is 11.2 Å². The van der Waals surface area contributed by atoms with Gasteiger partial charge in [-0.15, -0.1) is 0 Å². The fourth-order valence-electron chi connectivity index (χ4n) is 3.53. The van der Waals surface area contributed by atoms with Gasteiger partial charge in [-0.1, -0.05) is 54.5 Å². The Kier molecular flexibility index (Phi) is 7.39. The van der Waals surface area contributed by atoms with Gasteiger partial charge in [-0.25, -0.2) is 18.4 Å². The van der Waals surface area contributed by atoms with E-state index in [0.29, 0.717) is 0 Å². The summed E-state index contributed by atoms with van der Waals surface area (Å²) in [6, 6.07) is 13.6. The van der Waals surface area contributed by atoms with Gasteiger partial charge in [0.2, 0.25) is 5.91 Å². The lowest BCUT2D eigenvalue weighted by atomic mass is 9.98. The van der Waals surface area contributed by atoms with Crippen LogP contribution in [0, 0.1) is 11.8 Å². The molecule has 0 saturated carbocycles. The van der Waals surface area contributed by atoms with Crippen molar-refractivity contribution in [2.75, 3.05) is 13.2 Å². The van der Waals surface area contributed by atoms with Crippen LogP contribution < -0.4 is 10.6 Å². The van der Waals surface area contributed by atoms with Crippen molar-refractivity contribution in [3.8, 4) is 23.0 Å². The average Bonchev–Trinajstić information content (AvgIpc) is 3.08. The summed E-state index contributed by atoms with van der Waals surface area (Å²) in [6.45, 7) is -0.362. The molecule has 32 heavy (non-hydrogen) atoms. The van der Waals surface area contributed by atoms with Crippen LogP contribution in [0.3, 0.4) is 0 Å². The molecule has 0 spiro atoms. The second-order valence-electron chi connectivity index (χ2n) is 7.00. The van der Waals surface area contributed by atoms with E-state index in [1.165, 1.54) is 0 Å². The lowest BCUT2D eigenvalue weighted by Crippen LogP contribution is -2.44. The van der Waals surface area contributed by atoms with E-state index in [-0.39, 0.29) is 19.1 Å². The molecule has 2 aromatic rings. The van der Waals surface area contributed by atoms with Gasteiger partial charge in [-0.05, 0) is 22.3 Å². The first-order chi connectivity index (χ1) is 15.4. The van der Waals surface area contributed by atoms with Crippen molar-refractivity contribution >= 4 is 18.0 Å². The molecule has 0 bridgehead atoms. The van der Waals surface area contributed by atoms with E-state index >= 15 is 0 Å². The van der Waals surface area contributed by atoms with Crippen LogP contribution in [0.4, 0.5) is 13.6 Å². The number of benzene rings is 2. The summed E-state index contributed by atoms with van der Waals surface area (Å²) >= 11 is 0. The highest BCUT2D eigenvalue weighted by molar-refractivity contribution is 5.86. The largest absolute Gasteiger partial charge is 0.472 e. The number of alkyl halides is 2. The SMILES string of the molecule is O=C(O)C#CCNC(=O)CC(NC(=O)OCC1c2ccccc2-c2ccccc21)C(F)F. The predicted octanol–water partition coefficient (Wildman–Crippen LogP) is 2.75. The minimum atomic E-state index is -3.01. The van der Waals surface area contributed by atoms with Crippen molar-refractivity contribution < 1.29 is 33.0 Å². The summed E-state index contributed by atoms with van der Waals surface area (Å²) in [5, 5.41) is 12.6. The van der Waals surface area contributed by atoms with Crippen LogP contribution in [0.25, 0.3) is 11.1 Å². The molecule has 0 radical (unpaired) electrons. The molecule has 3 rings (SSSR count). The van der Waals surface area contributed by atoms with E-state index in [1.54, 1.807) is 5.92 Å². The number of amides is 2. The molecule has 0 aliphatic heterocycles. The maximum absolute atomic E-state index is 13.3. The minimum Gasteiger partial charge on any atom is -0.472 e. The Balaban J connectivity index is 1.57. The van der Waals surface area contributed by atoms with Crippen LogP contribution in [0.2, 0.25) is 0 Å². The van der Waals surface area contributed by atoms with Crippen molar-refractivity contribution in [2.24, 2.45) is 0 Å². The summed E-state index contributed by atoms with van der Waals surface area (Å²) in [5.41, 5.74) is 4.03. The van der Waals surface area contributed by atoms with Crippen molar-refractivity contribution in [3.63, 3.8) is 0 Å². The molecule has 0 saturated heterocycles. The zero-order valence-electron chi connectivity index (χ0n) is 16.8. The maximum Gasteiger partial charge on any atom is 0.407 e. The highest BCUT2D eigenvalue weighted by atomic mass is 19.3. The summed E-state index contributed by atoms with van der Waals surface area (Å²) in [4.78, 5) is 34.2. The normalized spacial score (nSPS) is 12.7. The molecule has 1 atom stereocenters. The number of carbonyl (C=O) groups excluding carboxylic acids is 2. The standard InChI is InChI=1S/C23H20F2N2O5/c24-22(25)19(12-20(28)26-11-5-10-21(29)30)27-23(31)32-13-18-16-8-3-1-6-14(16)15-7-2-4-9-17(15)18/h1-4,6-9,18-19,22H,11-13H2,(H,26,28)(H,27,31)(H,29,30). The number of hydrogen-bond acceptors (Lipinski definition) is 4. The Morgan fingerprint density at radius 1 is 1.03 bits per heavy atom. The molecular weight excluding hydrogens is 422 g/mol. The zero-order valence-corrected chi connectivity index (χ0v) is 16.8. The van der Waals surface area contributed by atoms with Crippen molar-refractivity contribution in [1.29, 1.82) is 0 Å². The molecule has 166 valence electrons. The van der Waals surface area contributed by atoms with Crippen LogP contribution in [0.15, 0.2) is 48.5 Å². The number of nitrogens with one attached hydrogen (secondary N) is 2. The van der Waals surface area contributed by atoms with Crippen LogP contribution >= 0.6 is 0 Å². The third-order valence-electron chi connectivity index (χ3n) is 4.93. The minimum absolute atomic E-state index is 0.0488. The number of carbonyl (C=O) groups is 3. The van der Waals surface area contributed by atoms with Crippen LogP contribution in [0.1, 0.15) is 23.5 Å². The van der Waals surface area contributed by atoms with E-state index in [0.717, 1.165) is 22.3 Å². The second-order valence-corrected chi connectivity index (χ2v) is 7.00. The number of carboxylic acids is 1. The van der Waals surface area contributed by atoms with Crippen molar-refractivity contribution in [1.82, 2.24) is 10.6 Å². The Morgan fingerprint density at radius 2 is 1.62 bits per heavy atom. The third kappa shape index (κ3) is 5.60. The van der Waals surface area contributed by atoms with Crippen molar-refractivity contribution in [2.45, 2.75) is 24.8 Å². The van der Waals surface area contributed by atoms with Crippen LogP contribution in [-0.2, 0) is 14.3 Å². The molecular formula is C23H20F2N2O5. The lowest BCUT2D eigenvalue weighted by Gasteiger charge is -2.19. The third-order valence-corrected chi connectivity index (χ3v) is 4.93. The molecule has 7 nitrogen and oxygen atoms in total. The molecule has 9 heteroatoms. The number of ether oxygens (including phenoxy) is 1. The Bertz CT molecular complexity index is 1030. The monoisotopic (exact) mass is 442 g/mol. The van der Waals surface area contributed by atoms with E-state index in [9.17, 15) is 23.2 Å². The fraction of sp³-hybridized carbons (Fsp3) is 0.261. The molecule has 1 aliphatic carbocycles. The van der Waals surface area contributed by atoms with E-state index < -0.39 is 36.9 Å². The van der Waals surface area contributed by atoms with Crippen LogP contribution in [-0.4, -0.2) is 48.7 Å². The van der Waals surface area contributed by atoms with E-state index in [1.807, 2.05) is 53.8 Å². The van der Waals surface area contributed by atoms with Gasteiger partial charge >= 0.3 is 12.1 Å². The fourth-order valence-corrected chi connectivity index (χ4v) is 3.53. The molecule has 3 N–H and O–H groups in total. The number of fused-ring (bicyclic) bond motifs is 3. The Morgan fingerprint density at radius 3 is 2.19 bits per heavy atom. The molecule has 0 fully saturated rings. The van der Waals surface area contributed by atoms with Gasteiger partial charge < -0.3 is 20.5 Å². The van der Waals surface area contributed by atoms with Crippen molar-refractivity contribution in [3.05, 3.63) is 59.7 Å². The number of rotatable bonds is 7. The highest BCUT2D eigenvalue weighted by Gasteiger charge is 2.30. The summed E-state index contributed by atoms with van der Waals surface area (Å²) in [5.74, 6) is 1.51. The first kappa shape index (κ1) is 22.7.